The van der Waals surface area contributed by atoms with Gasteiger partial charge in [-0.25, -0.2) is 4.99 Å². The van der Waals surface area contributed by atoms with Crippen LogP contribution in [0.5, 0.6) is 0 Å². The Kier molecular flexibility index (Phi) is 7.86. The lowest BCUT2D eigenvalue weighted by molar-refractivity contribution is -0.127. The zero-order valence-corrected chi connectivity index (χ0v) is 16.7. The van der Waals surface area contributed by atoms with Crippen molar-refractivity contribution >= 4 is 11.9 Å². The molecule has 0 unspecified atom stereocenters. The van der Waals surface area contributed by atoms with Gasteiger partial charge in [-0.3, -0.25) is 4.79 Å². The zero-order chi connectivity index (χ0) is 19.6. The molecule has 0 atom stereocenters. The number of aryl methyl sites for hydroxylation is 2. The molecule has 1 amide bonds. The van der Waals surface area contributed by atoms with E-state index in [2.05, 4.69) is 47.7 Å². The number of hydrogen-bond acceptors (Lipinski definition) is 2. The van der Waals surface area contributed by atoms with E-state index in [9.17, 15) is 4.79 Å². The van der Waals surface area contributed by atoms with Crippen molar-refractivity contribution in [3.8, 4) is 0 Å². The fraction of sp³-hybridized carbons (Fsp3) is 0.364. The zero-order valence-electron chi connectivity index (χ0n) is 16.7. The Morgan fingerprint density at radius 1 is 0.963 bits per heavy atom. The Morgan fingerprint density at radius 2 is 1.63 bits per heavy atom. The molecule has 5 nitrogen and oxygen atoms in total. The van der Waals surface area contributed by atoms with Crippen molar-refractivity contribution in [2.45, 2.75) is 26.8 Å². The summed E-state index contributed by atoms with van der Waals surface area (Å²) in [6.45, 7) is 5.82. The van der Waals surface area contributed by atoms with Gasteiger partial charge in [-0.05, 0) is 42.5 Å². The molecule has 2 aromatic carbocycles. The molecule has 144 valence electrons. The number of benzene rings is 2. The highest BCUT2D eigenvalue weighted by atomic mass is 16.2. The van der Waals surface area contributed by atoms with Crippen molar-refractivity contribution < 1.29 is 4.79 Å². The minimum atomic E-state index is 0.0129. The number of rotatable bonds is 7. The van der Waals surface area contributed by atoms with E-state index < -0.39 is 0 Å². The molecule has 2 rings (SSSR count). The van der Waals surface area contributed by atoms with Crippen molar-refractivity contribution in [3.63, 3.8) is 0 Å². The van der Waals surface area contributed by atoms with Crippen molar-refractivity contribution in [2.75, 3.05) is 27.2 Å². The van der Waals surface area contributed by atoms with Gasteiger partial charge in [0.1, 0.15) is 0 Å². The Morgan fingerprint density at radius 3 is 2.26 bits per heavy atom. The molecule has 2 N–H and O–H groups in total. The largest absolute Gasteiger partial charge is 0.356 e. The molecule has 27 heavy (non-hydrogen) atoms. The van der Waals surface area contributed by atoms with Gasteiger partial charge >= 0.3 is 0 Å². The van der Waals surface area contributed by atoms with Crippen LogP contribution in [0, 0.1) is 13.8 Å². The molecule has 0 saturated carbocycles. The summed E-state index contributed by atoms with van der Waals surface area (Å²) >= 11 is 0. The first-order chi connectivity index (χ1) is 13.0. The van der Waals surface area contributed by atoms with Gasteiger partial charge in [0.25, 0.3) is 0 Å². The summed E-state index contributed by atoms with van der Waals surface area (Å²) in [6, 6.07) is 16.4. The number of likely N-dealkylation sites (N-methyl/N-ethyl adjacent to an activating group) is 1. The second-order valence-electron chi connectivity index (χ2n) is 6.84. The van der Waals surface area contributed by atoms with Gasteiger partial charge < -0.3 is 15.5 Å². The monoisotopic (exact) mass is 366 g/mol. The van der Waals surface area contributed by atoms with Crippen LogP contribution in [0.3, 0.4) is 0 Å². The van der Waals surface area contributed by atoms with E-state index in [-0.39, 0.29) is 12.5 Å². The molecule has 0 bridgehead atoms. The molecule has 2 aromatic rings. The molecule has 0 aliphatic rings. The average molecular weight is 367 g/mol. The molecular formula is C22H30N4O. The van der Waals surface area contributed by atoms with Crippen molar-refractivity contribution in [1.82, 2.24) is 15.5 Å². The first kappa shape index (κ1) is 20.5. The van der Waals surface area contributed by atoms with E-state index >= 15 is 0 Å². The summed E-state index contributed by atoms with van der Waals surface area (Å²) in [7, 11) is 3.50. The number of guanidine groups is 1. The molecule has 0 aromatic heterocycles. The summed E-state index contributed by atoms with van der Waals surface area (Å²) < 4.78 is 0. The maximum Gasteiger partial charge on any atom is 0.241 e. The lowest BCUT2D eigenvalue weighted by Crippen LogP contribution is -2.43. The molecule has 0 aliphatic carbocycles. The lowest BCUT2D eigenvalue weighted by atomic mass is 10.0. The SMILES string of the molecule is Cc1cccc(C)c1CCNC(=NCc1ccccc1)NCC(=O)N(C)C. The molecule has 0 spiro atoms. The molecule has 0 radical (unpaired) electrons. The Labute approximate surface area is 162 Å². The summed E-state index contributed by atoms with van der Waals surface area (Å²) in [5.41, 5.74) is 5.09. The van der Waals surface area contributed by atoms with E-state index in [1.165, 1.54) is 16.7 Å². The Balaban J connectivity index is 1.99. The van der Waals surface area contributed by atoms with Crippen molar-refractivity contribution in [1.29, 1.82) is 0 Å². The van der Waals surface area contributed by atoms with Gasteiger partial charge in [-0.1, -0.05) is 48.5 Å². The van der Waals surface area contributed by atoms with Crippen LogP contribution in [0.25, 0.3) is 0 Å². The number of nitrogens with zero attached hydrogens (tertiary/aromatic N) is 2. The van der Waals surface area contributed by atoms with E-state index in [4.69, 9.17) is 0 Å². The maximum atomic E-state index is 11.9. The fourth-order valence-electron chi connectivity index (χ4n) is 2.79. The van der Waals surface area contributed by atoms with Gasteiger partial charge in [0.05, 0.1) is 13.1 Å². The highest BCUT2D eigenvalue weighted by Gasteiger charge is 2.07. The average Bonchev–Trinajstić information content (AvgIpc) is 2.66. The quantitative estimate of drug-likeness (QED) is 0.585. The molecule has 0 saturated heterocycles. The first-order valence-corrected chi connectivity index (χ1v) is 9.28. The van der Waals surface area contributed by atoms with Gasteiger partial charge in [0, 0.05) is 20.6 Å². The van der Waals surface area contributed by atoms with Crippen LogP contribution in [-0.2, 0) is 17.8 Å². The minimum Gasteiger partial charge on any atom is -0.356 e. The van der Waals surface area contributed by atoms with E-state index in [0.717, 1.165) is 18.5 Å². The van der Waals surface area contributed by atoms with Crippen LogP contribution in [-0.4, -0.2) is 44.0 Å². The highest BCUT2D eigenvalue weighted by molar-refractivity contribution is 5.86. The molecule has 0 aliphatic heterocycles. The van der Waals surface area contributed by atoms with Crippen LogP contribution in [0.15, 0.2) is 53.5 Å². The highest BCUT2D eigenvalue weighted by Crippen LogP contribution is 2.13. The number of hydrogen-bond donors (Lipinski definition) is 2. The topological polar surface area (TPSA) is 56.7 Å². The van der Waals surface area contributed by atoms with Crippen LogP contribution in [0.1, 0.15) is 22.3 Å². The summed E-state index contributed by atoms with van der Waals surface area (Å²) in [5.74, 6) is 0.666. The van der Waals surface area contributed by atoms with E-state index in [1.54, 1.807) is 19.0 Å². The van der Waals surface area contributed by atoms with Gasteiger partial charge in [0.2, 0.25) is 5.91 Å². The second-order valence-corrected chi connectivity index (χ2v) is 6.84. The predicted molar refractivity (Wildman–Crippen MR) is 112 cm³/mol. The number of carbonyl (C=O) groups excluding carboxylic acids is 1. The third-order valence-corrected chi connectivity index (χ3v) is 4.48. The standard InChI is InChI=1S/C22H30N4O/c1-17-9-8-10-18(2)20(17)13-14-23-22(25-16-21(27)26(3)4)24-15-19-11-6-5-7-12-19/h5-12H,13-16H2,1-4H3,(H2,23,24,25). The summed E-state index contributed by atoms with van der Waals surface area (Å²) in [4.78, 5) is 18.1. The van der Waals surface area contributed by atoms with Gasteiger partial charge in [-0.2, -0.15) is 0 Å². The number of nitrogens with one attached hydrogen (secondary N) is 2. The third-order valence-electron chi connectivity index (χ3n) is 4.48. The second kappa shape index (κ2) is 10.4. The van der Waals surface area contributed by atoms with E-state index in [1.807, 2.05) is 30.3 Å². The van der Waals surface area contributed by atoms with Gasteiger partial charge in [0.15, 0.2) is 5.96 Å². The number of carbonyl (C=O) groups is 1. The molecule has 0 fully saturated rings. The van der Waals surface area contributed by atoms with Gasteiger partial charge in [-0.15, -0.1) is 0 Å². The van der Waals surface area contributed by atoms with Crippen LogP contribution < -0.4 is 10.6 Å². The first-order valence-electron chi connectivity index (χ1n) is 9.28. The number of amides is 1. The summed E-state index contributed by atoms with van der Waals surface area (Å²) in [5, 5.41) is 6.49. The molecule has 0 heterocycles. The molecule has 5 heteroatoms. The normalized spacial score (nSPS) is 11.2. The summed E-state index contributed by atoms with van der Waals surface area (Å²) in [6.07, 6.45) is 0.909. The Bertz CT molecular complexity index is 749. The maximum absolute atomic E-state index is 11.9. The molecular weight excluding hydrogens is 336 g/mol. The van der Waals surface area contributed by atoms with Crippen molar-refractivity contribution in [3.05, 3.63) is 70.8 Å². The fourth-order valence-corrected chi connectivity index (χ4v) is 2.79. The van der Waals surface area contributed by atoms with Crippen LogP contribution in [0.2, 0.25) is 0 Å². The third kappa shape index (κ3) is 6.77. The van der Waals surface area contributed by atoms with Crippen LogP contribution in [0.4, 0.5) is 0 Å². The van der Waals surface area contributed by atoms with E-state index in [0.29, 0.717) is 12.5 Å². The Hall–Kier alpha value is -2.82. The minimum absolute atomic E-state index is 0.0129. The predicted octanol–water partition coefficient (Wildman–Crippen LogP) is 2.67. The van der Waals surface area contributed by atoms with Crippen molar-refractivity contribution in [2.24, 2.45) is 4.99 Å². The smallest absolute Gasteiger partial charge is 0.241 e. The van der Waals surface area contributed by atoms with Crippen LogP contribution >= 0.6 is 0 Å². The lowest BCUT2D eigenvalue weighted by Gasteiger charge is -2.16. The number of aliphatic imine (C=N–C) groups is 1.